The van der Waals surface area contributed by atoms with Crippen molar-refractivity contribution in [1.29, 1.82) is 0 Å². The van der Waals surface area contributed by atoms with E-state index in [1.807, 2.05) is 0 Å². The van der Waals surface area contributed by atoms with Gasteiger partial charge in [-0.25, -0.2) is 0 Å². The van der Waals surface area contributed by atoms with Crippen molar-refractivity contribution >= 4 is 17.3 Å². The predicted molar refractivity (Wildman–Crippen MR) is 72.7 cm³/mol. The van der Waals surface area contributed by atoms with Crippen LogP contribution in [-0.2, 0) is 7.05 Å². The smallest absolute Gasteiger partial charge is 0.395 e. The normalized spacial score (nSPS) is 14.6. The van der Waals surface area contributed by atoms with Crippen molar-refractivity contribution < 1.29 is 28.0 Å². The minimum atomic E-state index is -3.75. The van der Waals surface area contributed by atoms with Crippen molar-refractivity contribution in [3.05, 3.63) is 46.3 Å². The van der Waals surface area contributed by atoms with Crippen LogP contribution in [0.15, 0.2) is 30.5 Å². The number of aromatic nitrogens is 1. The number of carbonyl (C=O) groups is 1. The van der Waals surface area contributed by atoms with Gasteiger partial charge >= 0.3 is 6.29 Å². The van der Waals surface area contributed by atoms with Gasteiger partial charge in [0.2, 0.25) is 0 Å². The monoisotopic (exact) mass is 325 g/mol. The summed E-state index contributed by atoms with van der Waals surface area (Å²) in [6.45, 7) is 0. The van der Waals surface area contributed by atoms with Crippen LogP contribution in [0.25, 0.3) is 0 Å². The molecule has 8 nitrogen and oxygen atoms in total. The SMILES string of the molecule is Cn1cc([N+](=O)[O-])cc1C(=O)Nc1ccc2c(c1)OC(F)(F)O2. The van der Waals surface area contributed by atoms with Crippen molar-refractivity contribution in [1.82, 2.24) is 4.57 Å². The third-order valence-electron chi connectivity index (χ3n) is 3.09. The molecule has 0 unspecified atom stereocenters. The molecule has 1 aromatic carbocycles. The van der Waals surface area contributed by atoms with Gasteiger partial charge in [-0.1, -0.05) is 0 Å². The average molecular weight is 325 g/mol. The Morgan fingerprint density at radius 3 is 2.65 bits per heavy atom. The van der Waals surface area contributed by atoms with Gasteiger partial charge in [-0.2, -0.15) is 0 Å². The van der Waals surface area contributed by atoms with Gasteiger partial charge in [0.15, 0.2) is 11.5 Å². The molecule has 1 aliphatic heterocycles. The van der Waals surface area contributed by atoms with E-state index in [0.717, 1.165) is 6.07 Å². The lowest BCUT2D eigenvalue weighted by atomic mass is 10.2. The molecule has 0 fully saturated rings. The molecule has 0 spiro atoms. The molecule has 120 valence electrons. The first-order valence-corrected chi connectivity index (χ1v) is 6.27. The van der Waals surface area contributed by atoms with Crippen LogP contribution in [0.5, 0.6) is 11.5 Å². The van der Waals surface area contributed by atoms with E-state index in [-0.39, 0.29) is 28.6 Å². The van der Waals surface area contributed by atoms with Crippen LogP contribution in [0, 0.1) is 10.1 Å². The minimum absolute atomic E-state index is 0.0414. The van der Waals surface area contributed by atoms with Crippen molar-refractivity contribution in [2.24, 2.45) is 7.05 Å². The van der Waals surface area contributed by atoms with E-state index >= 15 is 0 Å². The number of hydrogen-bond donors (Lipinski definition) is 1. The summed E-state index contributed by atoms with van der Waals surface area (Å²) < 4.78 is 35.7. The van der Waals surface area contributed by atoms with Crippen LogP contribution >= 0.6 is 0 Å². The van der Waals surface area contributed by atoms with E-state index in [1.165, 1.54) is 36.0 Å². The molecule has 1 amide bonds. The van der Waals surface area contributed by atoms with Crippen LogP contribution in [0.2, 0.25) is 0 Å². The number of nitro groups is 1. The number of fused-ring (bicyclic) bond motifs is 1. The predicted octanol–water partition coefficient (Wildman–Crippen LogP) is 2.51. The fourth-order valence-corrected chi connectivity index (χ4v) is 2.09. The largest absolute Gasteiger partial charge is 0.586 e. The first-order valence-electron chi connectivity index (χ1n) is 6.27. The zero-order valence-corrected chi connectivity index (χ0v) is 11.6. The van der Waals surface area contributed by atoms with Crippen molar-refractivity contribution in [3.63, 3.8) is 0 Å². The third-order valence-corrected chi connectivity index (χ3v) is 3.09. The average Bonchev–Trinajstić information content (AvgIpc) is 2.96. The van der Waals surface area contributed by atoms with E-state index < -0.39 is 17.1 Å². The molecule has 0 bridgehead atoms. The number of alkyl halides is 2. The number of hydrogen-bond acceptors (Lipinski definition) is 5. The van der Waals surface area contributed by atoms with Crippen LogP contribution in [0.4, 0.5) is 20.2 Å². The highest BCUT2D eigenvalue weighted by atomic mass is 19.3. The number of ether oxygens (including phenoxy) is 2. The van der Waals surface area contributed by atoms with Gasteiger partial charge in [-0.3, -0.25) is 14.9 Å². The Labute approximate surface area is 127 Å². The molecule has 10 heteroatoms. The summed E-state index contributed by atoms with van der Waals surface area (Å²) in [5.41, 5.74) is -0.0124. The second kappa shape index (κ2) is 4.93. The maximum Gasteiger partial charge on any atom is 0.586 e. The zero-order valence-electron chi connectivity index (χ0n) is 11.6. The van der Waals surface area contributed by atoms with Crippen molar-refractivity contribution in [2.45, 2.75) is 6.29 Å². The first kappa shape index (κ1) is 14.8. The molecule has 1 aliphatic rings. The van der Waals surface area contributed by atoms with E-state index in [0.29, 0.717) is 0 Å². The Morgan fingerprint density at radius 2 is 2.00 bits per heavy atom. The van der Waals surface area contributed by atoms with Crippen LogP contribution < -0.4 is 14.8 Å². The summed E-state index contributed by atoms with van der Waals surface area (Å²) in [6.07, 6.45) is -2.56. The number of halogens is 2. The molecule has 1 aromatic heterocycles. The number of carbonyl (C=O) groups excluding carboxylic acids is 1. The molecule has 0 aliphatic carbocycles. The molecule has 0 atom stereocenters. The molecule has 2 heterocycles. The molecular formula is C13H9F2N3O5. The molecule has 3 rings (SSSR count). The van der Waals surface area contributed by atoms with Crippen LogP contribution in [-0.4, -0.2) is 21.7 Å². The van der Waals surface area contributed by atoms with Crippen LogP contribution in [0.3, 0.4) is 0 Å². The van der Waals surface area contributed by atoms with Gasteiger partial charge < -0.3 is 19.4 Å². The lowest BCUT2D eigenvalue weighted by molar-refractivity contribution is -0.384. The van der Waals surface area contributed by atoms with Gasteiger partial charge in [-0.15, -0.1) is 8.78 Å². The number of aryl methyl sites for hydroxylation is 1. The van der Waals surface area contributed by atoms with Crippen molar-refractivity contribution in [3.8, 4) is 11.5 Å². The number of nitrogens with one attached hydrogen (secondary N) is 1. The number of benzene rings is 1. The quantitative estimate of drug-likeness (QED) is 0.691. The molecular weight excluding hydrogens is 316 g/mol. The van der Waals surface area contributed by atoms with Gasteiger partial charge in [0, 0.05) is 24.9 Å². The lowest BCUT2D eigenvalue weighted by Gasteiger charge is -2.06. The fourth-order valence-electron chi connectivity index (χ4n) is 2.09. The minimum Gasteiger partial charge on any atom is -0.395 e. The highest BCUT2D eigenvalue weighted by Crippen LogP contribution is 2.42. The summed E-state index contributed by atoms with van der Waals surface area (Å²) in [6, 6.07) is 4.85. The molecule has 2 aromatic rings. The van der Waals surface area contributed by atoms with Gasteiger partial charge in [0.1, 0.15) is 5.69 Å². The standard InChI is InChI=1S/C13H9F2N3O5/c1-17-6-8(18(20)21)5-9(17)12(19)16-7-2-3-10-11(4-7)23-13(14,15)22-10/h2-6H,1H3,(H,16,19). The second-order valence-electron chi connectivity index (χ2n) is 4.73. The maximum absolute atomic E-state index is 12.9. The number of amides is 1. The fraction of sp³-hybridized carbons (Fsp3) is 0.154. The highest BCUT2D eigenvalue weighted by Gasteiger charge is 2.43. The lowest BCUT2D eigenvalue weighted by Crippen LogP contribution is -2.25. The number of anilines is 1. The van der Waals surface area contributed by atoms with E-state index in [1.54, 1.807) is 0 Å². The Hall–Kier alpha value is -3.17. The molecule has 1 N–H and O–H groups in total. The summed E-state index contributed by atoms with van der Waals surface area (Å²) in [5.74, 6) is -1.00. The Kier molecular flexibility index (Phi) is 3.17. The summed E-state index contributed by atoms with van der Waals surface area (Å²) in [5, 5.41) is 13.1. The topological polar surface area (TPSA) is 95.6 Å². The van der Waals surface area contributed by atoms with E-state index in [9.17, 15) is 23.7 Å². The number of nitrogens with zero attached hydrogens (tertiary/aromatic N) is 2. The van der Waals surface area contributed by atoms with Gasteiger partial charge in [-0.05, 0) is 12.1 Å². The molecule has 0 saturated carbocycles. The number of rotatable bonds is 3. The van der Waals surface area contributed by atoms with Crippen molar-refractivity contribution in [2.75, 3.05) is 5.32 Å². The maximum atomic E-state index is 12.9. The Balaban J connectivity index is 1.81. The molecule has 23 heavy (non-hydrogen) atoms. The van der Waals surface area contributed by atoms with E-state index in [2.05, 4.69) is 14.8 Å². The first-order chi connectivity index (χ1) is 10.7. The summed E-state index contributed by atoms with van der Waals surface area (Å²) in [7, 11) is 1.47. The van der Waals surface area contributed by atoms with Gasteiger partial charge in [0.25, 0.3) is 11.6 Å². The van der Waals surface area contributed by atoms with Gasteiger partial charge in [0.05, 0.1) is 11.1 Å². The Bertz CT molecular complexity index is 818. The third kappa shape index (κ3) is 2.78. The zero-order chi connectivity index (χ0) is 16.8. The molecule has 0 radical (unpaired) electrons. The second-order valence-corrected chi connectivity index (χ2v) is 4.73. The summed E-state index contributed by atoms with van der Waals surface area (Å²) in [4.78, 5) is 22.2. The summed E-state index contributed by atoms with van der Waals surface area (Å²) >= 11 is 0. The Morgan fingerprint density at radius 1 is 1.30 bits per heavy atom. The highest BCUT2D eigenvalue weighted by molar-refractivity contribution is 6.03. The van der Waals surface area contributed by atoms with Crippen LogP contribution in [0.1, 0.15) is 10.5 Å². The molecule has 0 saturated heterocycles. The van der Waals surface area contributed by atoms with E-state index in [4.69, 9.17) is 0 Å².